The van der Waals surface area contributed by atoms with Gasteiger partial charge in [0.05, 0.1) is 5.60 Å². The van der Waals surface area contributed by atoms with E-state index in [2.05, 4.69) is 6.92 Å². The molecule has 1 nitrogen and oxygen atoms in total. The Hall–Kier alpha value is -0.890. The molecule has 1 N–H and O–H groups in total. The highest BCUT2D eigenvalue weighted by atomic mass is 19.1. The predicted molar refractivity (Wildman–Crippen MR) is 71.7 cm³/mol. The molecule has 1 atom stereocenters. The molecule has 1 fully saturated rings. The first kappa shape index (κ1) is 13.5. The van der Waals surface area contributed by atoms with Crippen LogP contribution in [-0.4, -0.2) is 5.11 Å². The Morgan fingerprint density at radius 3 is 2.39 bits per heavy atom. The smallest absolute Gasteiger partial charge is 0.129 e. The Bertz CT molecular complexity index is 396. The average molecular weight is 250 g/mol. The molecule has 1 unspecified atom stereocenters. The van der Waals surface area contributed by atoms with E-state index in [1.807, 2.05) is 13.0 Å². The van der Waals surface area contributed by atoms with Gasteiger partial charge < -0.3 is 5.11 Å². The van der Waals surface area contributed by atoms with Crippen LogP contribution in [0, 0.1) is 17.7 Å². The van der Waals surface area contributed by atoms with Crippen LogP contribution in [0.25, 0.3) is 0 Å². The van der Waals surface area contributed by atoms with Gasteiger partial charge >= 0.3 is 0 Å². The quantitative estimate of drug-likeness (QED) is 0.850. The summed E-state index contributed by atoms with van der Waals surface area (Å²) in [4.78, 5) is 0. The minimum Gasteiger partial charge on any atom is -0.385 e. The van der Waals surface area contributed by atoms with Crippen LogP contribution < -0.4 is 0 Å². The summed E-state index contributed by atoms with van der Waals surface area (Å²) < 4.78 is 13.9. The molecule has 0 bridgehead atoms. The fourth-order valence-electron chi connectivity index (χ4n) is 3.25. The van der Waals surface area contributed by atoms with Crippen molar-refractivity contribution in [1.29, 1.82) is 0 Å². The third-order valence-corrected chi connectivity index (χ3v) is 4.57. The molecule has 0 aromatic heterocycles. The molecule has 18 heavy (non-hydrogen) atoms. The van der Waals surface area contributed by atoms with Crippen molar-refractivity contribution < 1.29 is 9.50 Å². The van der Waals surface area contributed by atoms with Crippen molar-refractivity contribution in [3.8, 4) is 0 Å². The number of rotatable bonds is 3. The molecule has 1 aliphatic rings. The fourth-order valence-corrected chi connectivity index (χ4v) is 3.25. The van der Waals surface area contributed by atoms with E-state index in [9.17, 15) is 9.50 Å². The second-order valence-electron chi connectivity index (χ2n) is 5.71. The van der Waals surface area contributed by atoms with Gasteiger partial charge in [-0.15, -0.1) is 0 Å². The Morgan fingerprint density at radius 1 is 1.22 bits per heavy atom. The Morgan fingerprint density at radius 2 is 1.83 bits per heavy atom. The lowest BCUT2D eigenvalue weighted by atomic mass is 9.70. The molecular weight excluding hydrogens is 227 g/mol. The highest BCUT2D eigenvalue weighted by Gasteiger charge is 2.39. The first-order chi connectivity index (χ1) is 8.58. The van der Waals surface area contributed by atoms with Crippen LogP contribution in [-0.2, 0) is 5.60 Å². The molecule has 1 aromatic carbocycles. The zero-order chi connectivity index (χ0) is 13.2. The number of benzene rings is 1. The normalized spacial score (nSPS) is 27.8. The summed E-state index contributed by atoms with van der Waals surface area (Å²) in [6.45, 7) is 4.20. The molecule has 0 amide bonds. The van der Waals surface area contributed by atoms with Crippen molar-refractivity contribution in [2.45, 2.75) is 51.6 Å². The lowest BCUT2D eigenvalue weighted by molar-refractivity contribution is -0.0491. The van der Waals surface area contributed by atoms with Gasteiger partial charge in [0.15, 0.2) is 0 Å². The van der Waals surface area contributed by atoms with Gasteiger partial charge in [-0.1, -0.05) is 44.9 Å². The summed E-state index contributed by atoms with van der Waals surface area (Å²) in [5.41, 5.74) is -0.516. The zero-order valence-electron chi connectivity index (χ0n) is 11.3. The van der Waals surface area contributed by atoms with Gasteiger partial charge in [-0.3, -0.25) is 0 Å². The summed E-state index contributed by atoms with van der Waals surface area (Å²) in [5, 5.41) is 10.9. The maximum atomic E-state index is 13.9. The minimum absolute atomic E-state index is 0.190. The van der Waals surface area contributed by atoms with E-state index in [0.717, 1.165) is 31.6 Å². The van der Waals surface area contributed by atoms with Crippen LogP contribution in [0.1, 0.15) is 51.5 Å². The lowest BCUT2D eigenvalue weighted by Gasteiger charge is -2.40. The van der Waals surface area contributed by atoms with Gasteiger partial charge in [-0.2, -0.15) is 0 Å². The van der Waals surface area contributed by atoms with Crippen molar-refractivity contribution in [1.82, 2.24) is 0 Å². The Kier molecular flexibility index (Phi) is 4.06. The fraction of sp³-hybridized carbons (Fsp3) is 0.625. The van der Waals surface area contributed by atoms with Gasteiger partial charge in [0, 0.05) is 5.56 Å². The van der Waals surface area contributed by atoms with E-state index in [0.29, 0.717) is 12.0 Å². The van der Waals surface area contributed by atoms with Crippen molar-refractivity contribution in [3.05, 3.63) is 35.6 Å². The van der Waals surface area contributed by atoms with Crippen molar-refractivity contribution in [2.75, 3.05) is 0 Å². The Balaban J connectivity index is 2.28. The number of hydrogen-bond acceptors (Lipinski definition) is 1. The van der Waals surface area contributed by atoms with Gasteiger partial charge in [0.25, 0.3) is 0 Å². The molecule has 0 heterocycles. The van der Waals surface area contributed by atoms with Crippen molar-refractivity contribution in [2.24, 2.45) is 11.8 Å². The highest BCUT2D eigenvalue weighted by Crippen LogP contribution is 2.43. The maximum absolute atomic E-state index is 13.9. The molecule has 0 aliphatic heterocycles. The SMILES string of the molecule is CCC(O)(c1ccccc1F)C1CCC(C)CC1. The van der Waals surface area contributed by atoms with E-state index >= 15 is 0 Å². The maximum Gasteiger partial charge on any atom is 0.129 e. The van der Waals surface area contributed by atoms with E-state index < -0.39 is 5.60 Å². The van der Waals surface area contributed by atoms with E-state index in [4.69, 9.17) is 0 Å². The first-order valence-electron chi connectivity index (χ1n) is 7.05. The monoisotopic (exact) mass is 250 g/mol. The van der Waals surface area contributed by atoms with Gasteiger partial charge in [-0.25, -0.2) is 4.39 Å². The van der Waals surface area contributed by atoms with Gasteiger partial charge in [0.1, 0.15) is 5.82 Å². The van der Waals surface area contributed by atoms with E-state index in [-0.39, 0.29) is 11.7 Å². The van der Waals surface area contributed by atoms with Crippen molar-refractivity contribution in [3.63, 3.8) is 0 Å². The summed E-state index contributed by atoms with van der Waals surface area (Å²) in [6.07, 6.45) is 4.86. The first-order valence-corrected chi connectivity index (χ1v) is 7.05. The third kappa shape index (κ3) is 2.44. The van der Waals surface area contributed by atoms with Crippen LogP contribution in [0.15, 0.2) is 24.3 Å². The van der Waals surface area contributed by atoms with Crippen LogP contribution in [0.3, 0.4) is 0 Å². The number of aliphatic hydroxyl groups is 1. The van der Waals surface area contributed by atoms with Gasteiger partial charge in [0.2, 0.25) is 0 Å². The summed E-state index contributed by atoms with van der Waals surface area (Å²) in [5.74, 6) is 0.652. The standard InChI is InChI=1S/C16H23FO/c1-3-16(18,13-10-8-12(2)9-11-13)14-6-4-5-7-15(14)17/h4-7,12-13,18H,3,8-11H2,1-2H3. The van der Waals surface area contributed by atoms with Crippen LogP contribution >= 0.6 is 0 Å². The molecular formula is C16H23FO. The summed E-state index contributed by atoms with van der Waals surface area (Å²) >= 11 is 0. The molecule has 2 rings (SSSR count). The molecule has 0 spiro atoms. The van der Waals surface area contributed by atoms with E-state index in [1.165, 1.54) is 6.07 Å². The lowest BCUT2D eigenvalue weighted by Crippen LogP contribution is -2.37. The molecule has 0 radical (unpaired) electrons. The average Bonchev–Trinajstić information content (AvgIpc) is 2.39. The molecule has 1 aliphatic carbocycles. The largest absolute Gasteiger partial charge is 0.385 e. The van der Waals surface area contributed by atoms with E-state index in [1.54, 1.807) is 12.1 Å². The second kappa shape index (κ2) is 5.40. The minimum atomic E-state index is -0.995. The van der Waals surface area contributed by atoms with Crippen LogP contribution in [0.5, 0.6) is 0 Å². The highest BCUT2D eigenvalue weighted by molar-refractivity contribution is 5.25. The molecule has 2 heteroatoms. The predicted octanol–water partition coefficient (Wildman–Crippen LogP) is 4.25. The topological polar surface area (TPSA) is 20.2 Å². The molecule has 1 saturated carbocycles. The van der Waals surface area contributed by atoms with Crippen LogP contribution in [0.2, 0.25) is 0 Å². The van der Waals surface area contributed by atoms with Crippen LogP contribution in [0.4, 0.5) is 4.39 Å². The molecule has 0 saturated heterocycles. The summed E-state index contributed by atoms with van der Waals surface area (Å²) in [6, 6.07) is 6.67. The third-order valence-electron chi connectivity index (χ3n) is 4.57. The molecule has 100 valence electrons. The summed E-state index contributed by atoms with van der Waals surface area (Å²) in [7, 11) is 0. The Labute approximate surface area is 109 Å². The number of halogens is 1. The number of hydrogen-bond donors (Lipinski definition) is 1. The zero-order valence-corrected chi connectivity index (χ0v) is 11.3. The van der Waals surface area contributed by atoms with Gasteiger partial charge in [-0.05, 0) is 37.2 Å². The van der Waals surface area contributed by atoms with Crippen molar-refractivity contribution >= 4 is 0 Å². The molecule has 1 aromatic rings. The second-order valence-corrected chi connectivity index (χ2v) is 5.71.